The lowest BCUT2D eigenvalue weighted by Crippen LogP contribution is -2.44. The first-order valence-electron chi connectivity index (χ1n) is 8.08. The second kappa shape index (κ2) is 7.57. The first-order valence-corrected chi connectivity index (χ1v) is 9.56. The van der Waals surface area contributed by atoms with Crippen LogP contribution in [0.1, 0.15) is 11.1 Å². The number of hydrogen-bond acceptors (Lipinski definition) is 5. The molecule has 0 fully saturated rings. The number of carbonyl (C=O) groups is 1. The van der Waals surface area contributed by atoms with Crippen molar-refractivity contribution in [1.29, 1.82) is 0 Å². The number of aryl methyl sites for hydroxylation is 1. The minimum atomic E-state index is -3.82. The van der Waals surface area contributed by atoms with Gasteiger partial charge in [0.25, 0.3) is 10.0 Å². The molecule has 1 amide bonds. The predicted molar refractivity (Wildman–Crippen MR) is 97.1 cm³/mol. The van der Waals surface area contributed by atoms with Gasteiger partial charge in [0.15, 0.2) is 0 Å². The molecule has 26 heavy (non-hydrogen) atoms. The van der Waals surface area contributed by atoms with Crippen LogP contribution in [0.2, 0.25) is 0 Å². The molecule has 7 nitrogen and oxygen atoms in total. The van der Waals surface area contributed by atoms with E-state index in [-0.39, 0.29) is 24.0 Å². The van der Waals surface area contributed by atoms with Gasteiger partial charge < -0.3 is 4.74 Å². The molecule has 0 bridgehead atoms. The maximum Gasteiger partial charge on any atom is 0.417 e. The predicted octanol–water partition coefficient (Wildman–Crippen LogP) is 2.28. The highest BCUT2D eigenvalue weighted by molar-refractivity contribution is 7.90. The largest absolute Gasteiger partial charge is 0.444 e. The van der Waals surface area contributed by atoms with Crippen LogP contribution < -0.4 is 4.72 Å². The number of nitrogens with one attached hydrogen (secondary N) is 1. The molecule has 0 aromatic heterocycles. The standard InChI is InChI=1S/C18H19N3O4S/c1-14-7-9-16(10-8-14)26(23,24)20-17-19-11-12-21(17)18(22)25-13-15-5-3-2-4-6-15/h2-10H,11-13H2,1H3,(H,19,20). The molecule has 0 saturated carbocycles. The van der Waals surface area contributed by atoms with Crippen LogP contribution in [-0.2, 0) is 21.4 Å². The van der Waals surface area contributed by atoms with Gasteiger partial charge in [-0.3, -0.25) is 0 Å². The van der Waals surface area contributed by atoms with Crippen molar-refractivity contribution in [3.8, 4) is 0 Å². The van der Waals surface area contributed by atoms with Gasteiger partial charge in [-0.1, -0.05) is 48.0 Å². The summed E-state index contributed by atoms with van der Waals surface area (Å²) in [6, 6.07) is 15.7. The first kappa shape index (κ1) is 17.9. The van der Waals surface area contributed by atoms with E-state index >= 15 is 0 Å². The third-order valence-corrected chi connectivity index (χ3v) is 5.17. The van der Waals surface area contributed by atoms with Crippen LogP contribution in [0, 0.1) is 6.92 Å². The molecule has 1 N–H and O–H groups in total. The number of nitrogens with zero attached hydrogens (tertiary/aromatic N) is 2. The van der Waals surface area contributed by atoms with Crippen LogP contribution in [-0.4, -0.2) is 38.5 Å². The number of amides is 1. The summed E-state index contributed by atoms with van der Waals surface area (Å²) in [7, 11) is -3.82. The average molecular weight is 373 g/mol. The van der Waals surface area contributed by atoms with Gasteiger partial charge >= 0.3 is 6.09 Å². The number of carbonyl (C=O) groups excluding carboxylic acids is 1. The lowest BCUT2D eigenvalue weighted by atomic mass is 10.2. The van der Waals surface area contributed by atoms with Crippen molar-refractivity contribution >= 4 is 22.1 Å². The quantitative estimate of drug-likeness (QED) is 0.891. The number of aliphatic imine (C=N–C) groups is 1. The Labute approximate surface area is 152 Å². The molecule has 0 aliphatic carbocycles. The van der Waals surface area contributed by atoms with Crippen LogP contribution in [0.5, 0.6) is 0 Å². The zero-order chi connectivity index (χ0) is 18.6. The van der Waals surface area contributed by atoms with Crippen LogP contribution in [0.4, 0.5) is 4.79 Å². The van der Waals surface area contributed by atoms with Gasteiger partial charge in [-0.05, 0) is 24.6 Å². The Morgan fingerprint density at radius 2 is 1.85 bits per heavy atom. The van der Waals surface area contributed by atoms with E-state index in [1.54, 1.807) is 12.1 Å². The molecular formula is C18H19N3O4S. The zero-order valence-corrected chi connectivity index (χ0v) is 15.1. The summed E-state index contributed by atoms with van der Waals surface area (Å²) in [5.74, 6) is -0.0244. The lowest BCUT2D eigenvalue weighted by molar-refractivity contribution is 0.118. The highest BCUT2D eigenvalue weighted by Gasteiger charge is 2.29. The molecule has 2 aromatic carbocycles. The van der Waals surface area contributed by atoms with Gasteiger partial charge in [-0.2, -0.15) is 0 Å². The fraction of sp³-hybridized carbons (Fsp3) is 0.222. The van der Waals surface area contributed by atoms with E-state index in [1.165, 1.54) is 17.0 Å². The topological polar surface area (TPSA) is 88.1 Å². The molecule has 0 atom stereocenters. The molecule has 0 radical (unpaired) electrons. The number of sulfonamides is 1. The number of guanidine groups is 1. The summed E-state index contributed by atoms with van der Waals surface area (Å²) < 4.78 is 32.6. The molecule has 8 heteroatoms. The molecular weight excluding hydrogens is 354 g/mol. The van der Waals surface area contributed by atoms with Crippen molar-refractivity contribution in [2.45, 2.75) is 18.4 Å². The van der Waals surface area contributed by atoms with Gasteiger partial charge in [-0.25, -0.2) is 27.8 Å². The van der Waals surface area contributed by atoms with Gasteiger partial charge in [-0.15, -0.1) is 0 Å². The Bertz CT molecular complexity index is 909. The van der Waals surface area contributed by atoms with Crippen LogP contribution in [0.3, 0.4) is 0 Å². The maximum absolute atomic E-state index is 12.5. The number of rotatable bonds is 4. The van der Waals surface area contributed by atoms with E-state index < -0.39 is 16.1 Å². The van der Waals surface area contributed by atoms with Gasteiger partial charge in [0.2, 0.25) is 5.96 Å². The minimum absolute atomic E-state index is 0.0244. The van der Waals surface area contributed by atoms with Crippen molar-refractivity contribution in [3.63, 3.8) is 0 Å². The molecule has 0 saturated heterocycles. The van der Waals surface area contributed by atoms with Crippen LogP contribution in [0.15, 0.2) is 64.5 Å². The highest BCUT2D eigenvalue weighted by atomic mass is 32.2. The maximum atomic E-state index is 12.5. The van der Waals surface area contributed by atoms with E-state index in [2.05, 4.69) is 9.71 Å². The lowest BCUT2D eigenvalue weighted by Gasteiger charge is -2.19. The SMILES string of the molecule is Cc1ccc(S(=O)(=O)NC2=NCCN2C(=O)OCc2ccccc2)cc1. The minimum Gasteiger partial charge on any atom is -0.444 e. The number of ether oxygens (including phenoxy) is 1. The van der Waals surface area contributed by atoms with E-state index in [9.17, 15) is 13.2 Å². The molecule has 1 aliphatic heterocycles. The van der Waals surface area contributed by atoms with Gasteiger partial charge in [0.05, 0.1) is 18.0 Å². The van der Waals surface area contributed by atoms with Crippen LogP contribution in [0.25, 0.3) is 0 Å². The molecule has 2 aromatic rings. The van der Waals surface area contributed by atoms with Crippen molar-refractivity contribution in [2.24, 2.45) is 4.99 Å². The molecule has 136 valence electrons. The second-order valence-electron chi connectivity index (χ2n) is 5.82. The number of benzene rings is 2. The van der Waals surface area contributed by atoms with E-state index in [0.29, 0.717) is 6.54 Å². The third-order valence-electron chi connectivity index (χ3n) is 3.82. The Morgan fingerprint density at radius 3 is 2.54 bits per heavy atom. The number of hydrogen-bond donors (Lipinski definition) is 1. The van der Waals surface area contributed by atoms with Gasteiger partial charge in [0.1, 0.15) is 6.61 Å². The monoisotopic (exact) mass is 373 g/mol. The second-order valence-corrected chi connectivity index (χ2v) is 7.50. The summed E-state index contributed by atoms with van der Waals surface area (Å²) in [6.07, 6.45) is -0.642. The first-order chi connectivity index (χ1) is 12.5. The highest BCUT2D eigenvalue weighted by Crippen LogP contribution is 2.12. The Balaban J connectivity index is 1.66. The third kappa shape index (κ3) is 4.20. The Kier molecular flexibility index (Phi) is 5.22. The zero-order valence-electron chi connectivity index (χ0n) is 14.3. The molecule has 0 spiro atoms. The fourth-order valence-electron chi connectivity index (χ4n) is 2.41. The Hall–Kier alpha value is -2.87. The van der Waals surface area contributed by atoms with Crippen molar-refractivity contribution < 1.29 is 17.9 Å². The van der Waals surface area contributed by atoms with Crippen molar-refractivity contribution in [2.75, 3.05) is 13.1 Å². The van der Waals surface area contributed by atoms with E-state index in [4.69, 9.17) is 4.74 Å². The summed E-state index contributed by atoms with van der Waals surface area (Å²) in [5.41, 5.74) is 1.80. The van der Waals surface area contributed by atoms with Crippen molar-refractivity contribution in [3.05, 3.63) is 65.7 Å². The normalized spacial score (nSPS) is 14.0. The molecule has 1 aliphatic rings. The fourth-order valence-corrected chi connectivity index (χ4v) is 3.43. The van der Waals surface area contributed by atoms with Gasteiger partial charge in [0, 0.05) is 0 Å². The van der Waals surface area contributed by atoms with E-state index in [1.807, 2.05) is 37.3 Å². The molecule has 3 rings (SSSR count). The summed E-state index contributed by atoms with van der Waals surface area (Å²) in [6.45, 7) is 2.55. The van der Waals surface area contributed by atoms with Crippen molar-refractivity contribution in [1.82, 2.24) is 9.62 Å². The summed E-state index contributed by atoms with van der Waals surface area (Å²) >= 11 is 0. The molecule has 1 heterocycles. The average Bonchev–Trinajstić information content (AvgIpc) is 3.08. The molecule has 0 unspecified atom stereocenters. The van der Waals surface area contributed by atoms with Crippen LogP contribution >= 0.6 is 0 Å². The summed E-state index contributed by atoms with van der Waals surface area (Å²) in [5, 5.41) is 0. The Morgan fingerprint density at radius 1 is 1.15 bits per heavy atom. The summed E-state index contributed by atoms with van der Waals surface area (Å²) in [4.78, 5) is 17.7. The van der Waals surface area contributed by atoms with E-state index in [0.717, 1.165) is 11.1 Å². The smallest absolute Gasteiger partial charge is 0.417 e.